The van der Waals surface area contributed by atoms with E-state index in [1.807, 2.05) is 0 Å². The van der Waals surface area contributed by atoms with Crippen LogP contribution in [0.2, 0.25) is 0 Å². The molecule has 0 aromatic heterocycles. The van der Waals surface area contributed by atoms with E-state index in [0.29, 0.717) is 6.04 Å². The molecule has 2 aliphatic rings. The molecule has 76 valence electrons. The molecule has 2 heterocycles. The fourth-order valence-electron chi connectivity index (χ4n) is 2.32. The fourth-order valence-corrected chi connectivity index (χ4v) is 2.32. The molecule has 0 saturated carbocycles. The summed E-state index contributed by atoms with van der Waals surface area (Å²) in [4.78, 5) is 2.51. The summed E-state index contributed by atoms with van der Waals surface area (Å²) in [7, 11) is 0. The minimum absolute atomic E-state index is 0.430. The highest BCUT2D eigenvalue weighted by molar-refractivity contribution is 4.80. The molecule has 0 aromatic rings. The number of likely N-dealkylation sites (tertiary alicyclic amines) is 1. The molecule has 2 N–H and O–H groups in total. The fraction of sp³-hybridized carbons (Fsp3) is 1.00. The van der Waals surface area contributed by atoms with E-state index < -0.39 is 0 Å². The second-order valence-corrected chi connectivity index (χ2v) is 4.36. The van der Waals surface area contributed by atoms with Crippen molar-refractivity contribution < 1.29 is 4.74 Å². The van der Waals surface area contributed by atoms with Crippen molar-refractivity contribution in [2.24, 2.45) is 11.7 Å². The van der Waals surface area contributed by atoms with Crippen LogP contribution in [-0.4, -0.2) is 43.8 Å². The molecule has 2 saturated heterocycles. The molecule has 2 rings (SSSR count). The van der Waals surface area contributed by atoms with Crippen LogP contribution in [0.1, 0.15) is 19.3 Å². The van der Waals surface area contributed by atoms with Gasteiger partial charge in [-0.05, 0) is 31.7 Å². The first-order chi connectivity index (χ1) is 6.34. The summed E-state index contributed by atoms with van der Waals surface area (Å²) in [5.74, 6) is 0.860. The van der Waals surface area contributed by atoms with Gasteiger partial charge in [-0.2, -0.15) is 0 Å². The van der Waals surface area contributed by atoms with Gasteiger partial charge in [-0.25, -0.2) is 0 Å². The molecule has 0 aliphatic carbocycles. The van der Waals surface area contributed by atoms with Crippen molar-refractivity contribution in [1.82, 2.24) is 4.90 Å². The predicted octanol–water partition coefficient (Wildman–Crippen LogP) is 0.446. The van der Waals surface area contributed by atoms with Crippen LogP contribution in [0.5, 0.6) is 0 Å². The number of hydrogen-bond donors (Lipinski definition) is 1. The van der Waals surface area contributed by atoms with Gasteiger partial charge in [0.2, 0.25) is 0 Å². The standard InChI is InChI=1S/C10H20N2O/c11-10-1-4-12(8-10)7-9-2-5-13-6-3-9/h9-10H,1-8,11H2/t10-/m0/s1. The van der Waals surface area contributed by atoms with E-state index in [4.69, 9.17) is 10.5 Å². The second kappa shape index (κ2) is 4.40. The van der Waals surface area contributed by atoms with Gasteiger partial charge in [-0.15, -0.1) is 0 Å². The minimum atomic E-state index is 0.430. The summed E-state index contributed by atoms with van der Waals surface area (Å²) in [5, 5.41) is 0. The summed E-state index contributed by atoms with van der Waals surface area (Å²) in [5.41, 5.74) is 5.86. The second-order valence-electron chi connectivity index (χ2n) is 4.36. The Hall–Kier alpha value is -0.120. The Morgan fingerprint density at radius 3 is 2.62 bits per heavy atom. The van der Waals surface area contributed by atoms with E-state index >= 15 is 0 Å². The lowest BCUT2D eigenvalue weighted by Gasteiger charge is -2.26. The summed E-state index contributed by atoms with van der Waals surface area (Å²) >= 11 is 0. The van der Waals surface area contributed by atoms with Crippen molar-refractivity contribution in [1.29, 1.82) is 0 Å². The maximum absolute atomic E-state index is 5.86. The third-order valence-corrected chi connectivity index (χ3v) is 3.17. The monoisotopic (exact) mass is 184 g/mol. The molecule has 3 nitrogen and oxygen atoms in total. The van der Waals surface area contributed by atoms with Crippen LogP contribution in [-0.2, 0) is 4.74 Å². The number of hydrogen-bond acceptors (Lipinski definition) is 3. The minimum Gasteiger partial charge on any atom is -0.381 e. The Morgan fingerprint density at radius 1 is 1.23 bits per heavy atom. The van der Waals surface area contributed by atoms with E-state index in [1.54, 1.807) is 0 Å². The molecule has 13 heavy (non-hydrogen) atoms. The lowest BCUT2D eigenvalue weighted by molar-refractivity contribution is 0.0554. The highest BCUT2D eigenvalue weighted by atomic mass is 16.5. The first kappa shape index (κ1) is 9.44. The van der Waals surface area contributed by atoms with Gasteiger partial charge in [0.05, 0.1) is 0 Å². The normalized spacial score (nSPS) is 32.5. The average Bonchev–Trinajstić information content (AvgIpc) is 2.53. The summed E-state index contributed by atoms with van der Waals surface area (Å²) in [6.07, 6.45) is 3.67. The molecule has 1 atom stereocenters. The first-order valence-corrected chi connectivity index (χ1v) is 5.40. The van der Waals surface area contributed by atoms with E-state index in [-0.39, 0.29) is 0 Å². The molecular weight excluding hydrogens is 164 g/mol. The zero-order chi connectivity index (χ0) is 9.10. The topological polar surface area (TPSA) is 38.5 Å². The van der Waals surface area contributed by atoms with Crippen LogP contribution in [0, 0.1) is 5.92 Å². The van der Waals surface area contributed by atoms with E-state index in [0.717, 1.165) is 25.7 Å². The quantitative estimate of drug-likeness (QED) is 0.677. The van der Waals surface area contributed by atoms with Crippen LogP contribution in [0.15, 0.2) is 0 Å². The Kier molecular flexibility index (Phi) is 3.19. The van der Waals surface area contributed by atoms with Crippen molar-refractivity contribution in [3.63, 3.8) is 0 Å². The van der Waals surface area contributed by atoms with Gasteiger partial charge >= 0.3 is 0 Å². The van der Waals surface area contributed by atoms with Gasteiger partial charge in [-0.1, -0.05) is 0 Å². The smallest absolute Gasteiger partial charge is 0.0469 e. The third kappa shape index (κ3) is 2.66. The number of rotatable bonds is 2. The van der Waals surface area contributed by atoms with Gasteiger partial charge in [0.25, 0.3) is 0 Å². The van der Waals surface area contributed by atoms with Crippen LogP contribution >= 0.6 is 0 Å². The van der Waals surface area contributed by atoms with E-state index in [9.17, 15) is 0 Å². The molecule has 0 bridgehead atoms. The van der Waals surface area contributed by atoms with Gasteiger partial charge in [0.1, 0.15) is 0 Å². The van der Waals surface area contributed by atoms with Crippen LogP contribution in [0.25, 0.3) is 0 Å². The molecule has 2 aliphatic heterocycles. The molecule has 0 spiro atoms. The van der Waals surface area contributed by atoms with E-state index in [2.05, 4.69) is 4.90 Å². The Labute approximate surface area is 80.2 Å². The van der Waals surface area contributed by atoms with Gasteiger partial charge in [-0.3, -0.25) is 0 Å². The van der Waals surface area contributed by atoms with Crippen molar-refractivity contribution in [3.8, 4) is 0 Å². The largest absolute Gasteiger partial charge is 0.381 e. The highest BCUT2D eigenvalue weighted by Crippen LogP contribution is 2.18. The summed E-state index contributed by atoms with van der Waals surface area (Å²) in [6.45, 7) is 5.49. The number of ether oxygens (including phenoxy) is 1. The van der Waals surface area contributed by atoms with Crippen molar-refractivity contribution in [3.05, 3.63) is 0 Å². The van der Waals surface area contributed by atoms with Gasteiger partial charge < -0.3 is 15.4 Å². The number of nitrogens with zero attached hydrogens (tertiary/aromatic N) is 1. The molecule has 0 amide bonds. The predicted molar refractivity (Wildman–Crippen MR) is 52.6 cm³/mol. The van der Waals surface area contributed by atoms with Crippen LogP contribution in [0.3, 0.4) is 0 Å². The Balaban J connectivity index is 1.71. The highest BCUT2D eigenvalue weighted by Gasteiger charge is 2.23. The Morgan fingerprint density at radius 2 is 2.00 bits per heavy atom. The maximum atomic E-state index is 5.86. The van der Waals surface area contributed by atoms with E-state index in [1.165, 1.54) is 32.4 Å². The van der Waals surface area contributed by atoms with Crippen LogP contribution < -0.4 is 5.73 Å². The molecular formula is C10H20N2O. The summed E-state index contributed by atoms with van der Waals surface area (Å²) < 4.78 is 5.34. The van der Waals surface area contributed by atoms with Gasteiger partial charge in [0.15, 0.2) is 0 Å². The zero-order valence-corrected chi connectivity index (χ0v) is 8.24. The lowest BCUT2D eigenvalue weighted by Crippen LogP contribution is -2.33. The van der Waals surface area contributed by atoms with Crippen molar-refractivity contribution in [2.75, 3.05) is 32.8 Å². The molecule has 0 aromatic carbocycles. The SMILES string of the molecule is N[C@H]1CCN(CC2CCOCC2)C1. The molecule has 0 radical (unpaired) electrons. The molecule has 0 unspecified atom stereocenters. The lowest BCUT2D eigenvalue weighted by atomic mass is 10.00. The molecule has 3 heteroatoms. The number of nitrogens with two attached hydrogens (primary N) is 1. The average molecular weight is 184 g/mol. The van der Waals surface area contributed by atoms with Crippen molar-refractivity contribution in [2.45, 2.75) is 25.3 Å². The first-order valence-electron chi connectivity index (χ1n) is 5.40. The maximum Gasteiger partial charge on any atom is 0.0469 e. The zero-order valence-electron chi connectivity index (χ0n) is 8.24. The third-order valence-electron chi connectivity index (χ3n) is 3.17. The van der Waals surface area contributed by atoms with Crippen molar-refractivity contribution >= 4 is 0 Å². The molecule has 2 fully saturated rings. The van der Waals surface area contributed by atoms with Gasteiger partial charge in [0, 0.05) is 32.3 Å². The summed E-state index contributed by atoms with van der Waals surface area (Å²) in [6, 6.07) is 0.430. The van der Waals surface area contributed by atoms with Crippen LogP contribution in [0.4, 0.5) is 0 Å². The Bertz CT molecular complexity index is 154.